The molecule has 2 rings (SSSR count). The van der Waals surface area contributed by atoms with Gasteiger partial charge < -0.3 is 25.5 Å². The summed E-state index contributed by atoms with van der Waals surface area (Å²) >= 11 is 0. The van der Waals surface area contributed by atoms with E-state index in [2.05, 4.69) is 0 Å². The molecule has 2 aromatic carbocycles. The Bertz CT molecular complexity index is 599. The number of phenolic OH excluding ortho intramolecular Hbond substituents is 5. The lowest BCUT2D eigenvalue weighted by Gasteiger charge is -2.11. The number of aryl methyl sites for hydroxylation is 1. The third-order valence-corrected chi connectivity index (χ3v) is 2.84. The van der Waals surface area contributed by atoms with Crippen LogP contribution in [0, 0.1) is 6.92 Å². The van der Waals surface area contributed by atoms with E-state index in [1.54, 1.807) is 0 Å². The van der Waals surface area contributed by atoms with Crippen LogP contribution in [0.2, 0.25) is 0 Å². The van der Waals surface area contributed by atoms with Crippen molar-refractivity contribution < 1.29 is 30.3 Å². The quantitative estimate of drug-likeness (QED) is 0.533. The van der Waals surface area contributed by atoms with Crippen LogP contribution in [0.3, 0.4) is 0 Å². The number of ketones is 1. The van der Waals surface area contributed by atoms with Crippen molar-refractivity contribution in [2.24, 2.45) is 0 Å². The van der Waals surface area contributed by atoms with Crippen molar-refractivity contribution in [1.29, 1.82) is 0 Å². The number of hydrogen-bond acceptors (Lipinski definition) is 6. The molecule has 104 valence electrons. The molecule has 2 aromatic rings. The van der Waals surface area contributed by atoms with Crippen molar-refractivity contribution in [3.8, 4) is 28.7 Å². The first-order valence-corrected chi connectivity index (χ1v) is 5.63. The molecule has 0 atom stereocenters. The van der Waals surface area contributed by atoms with Gasteiger partial charge in [-0.3, -0.25) is 4.79 Å². The molecule has 0 fully saturated rings. The SMILES string of the molecule is Cc1cc(O)cc(O)c1C(=O)c1c(O)cc(O)cc1O. The topological polar surface area (TPSA) is 118 Å². The average molecular weight is 276 g/mol. The molecule has 5 N–H and O–H groups in total. The Morgan fingerprint density at radius 3 is 1.60 bits per heavy atom. The molecule has 0 bridgehead atoms. The van der Waals surface area contributed by atoms with Gasteiger partial charge in [0.05, 0.1) is 5.56 Å². The summed E-state index contributed by atoms with van der Waals surface area (Å²) in [5.74, 6) is -3.13. The van der Waals surface area contributed by atoms with Crippen molar-refractivity contribution in [1.82, 2.24) is 0 Å². The lowest BCUT2D eigenvalue weighted by molar-refractivity contribution is 0.103. The van der Waals surface area contributed by atoms with E-state index in [4.69, 9.17) is 0 Å². The highest BCUT2D eigenvalue weighted by Crippen LogP contribution is 2.37. The molecule has 0 amide bonds. The fourth-order valence-corrected chi connectivity index (χ4v) is 2.00. The molecule has 0 aliphatic rings. The highest BCUT2D eigenvalue weighted by Gasteiger charge is 2.24. The van der Waals surface area contributed by atoms with Gasteiger partial charge in [0.1, 0.15) is 34.3 Å². The zero-order valence-corrected chi connectivity index (χ0v) is 10.5. The first kappa shape index (κ1) is 13.5. The molecule has 6 nitrogen and oxygen atoms in total. The van der Waals surface area contributed by atoms with Crippen LogP contribution in [0.4, 0.5) is 0 Å². The third kappa shape index (κ3) is 2.18. The van der Waals surface area contributed by atoms with Crippen LogP contribution in [0.1, 0.15) is 21.5 Å². The number of benzene rings is 2. The van der Waals surface area contributed by atoms with E-state index in [1.165, 1.54) is 13.0 Å². The smallest absolute Gasteiger partial charge is 0.204 e. The summed E-state index contributed by atoms with van der Waals surface area (Å²) in [6.45, 7) is 1.49. The fourth-order valence-electron chi connectivity index (χ4n) is 2.00. The molecule has 0 heterocycles. The Morgan fingerprint density at radius 2 is 1.15 bits per heavy atom. The molecular formula is C14H12O6. The zero-order valence-electron chi connectivity index (χ0n) is 10.5. The van der Waals surface area contributed by atoms with Crippen LogP contribution in [0.25, 0.3) is 0 Å². The van der Waals surface area contributed by atoms with E-state index < -0.39 is 34.3 Å². The molecule has 0 spiro atoms. The Balaban J connectivity index is 2.64. The van der Waals surface area contributed by atoms with Crippen molar-refractivity contribution >= 4 is 5.78 Å². The lowest BCUT2D eigenvalue weighted by atomic mass is 9.96. The predicted octanol–water partition coefficient (Wildman–Crippen LogP) is 1.75. The van der Waals surface area contributed by atoms with Gasteiger partial charge in [0.2, 0.25) is 5.78 Å². The van der Waals surface area contributed by atoms with E-state index in [-0.39, 0.29) is 16.9 Å². The van der Waals surface area contributed by atoms with Gasteiger partial charge in [0, 0.05) is 18.2 Å². The monoisotopic (exact) mass is 276 g/mol. The highest BCUT2D eigenvalue weighted by atomic mass is 16.3. The molecule has 0 saturated heterocycles. The van der Waals surface area contributed by atoms with Crippen LogP contribution in [0.5, 0.6) is 28.7 Å². The standard InChI is InChI=1S/C14H12O6/c1-6-2-7(15)3-9(17)12(6)14(20)13-10(18)4-8(16)5-11(13)19/h2-5,15-19H,1H3. The summed E-state index contributed by atoms with van der Waals surface area (Å²) in [5.41, 5.74) is -0.314. The molecule has 0 unspecified atom stereocenters. The number of carbonyl (C=O) groups excluding carboxylic acids is 1. The van der Waals surface area contributed by atoms with Gasteiger partial charge in [-0.2, -0.15) is 0 Å². The van der Waals surface area contributed by atoms with Crippen molar-refractivity contribution in [3.63, 3.8) is 0 Å². The van der Waals surface area contributed by atoms with E-state index in [0.29, 0.717) is 0 Å². The molecule has 20 heavy (non-hydrogen) atoms. The summed E-state index contributed by atoms with van der Waals surface area (Å²) in [4.78, 5) is 12.3. The first-order chi connectivity index (χ1) is 9.31. The van der Waals surface area contributed by atoms with Crippen LogP contribution in [-0.4, -0.2) is 31.3 Å². The number of rotatable bonds is 2. The second-order valence-electron chi connectivity index (χ2n) is 4.34. The van der Waals surface area contributed by atoms with Crippen LogP contribution in [0.15, 0.2) is 24.3 Å². The van der Waals surface area contributed by atoms with Gasteiger partial charge >= 0.3 is 0 Å². The number of aromatic hydroxyl groups is 5. The predicted molar refractivity (Wildman–Crippen MR) is 69.4 cm³/mol. The van der Waals surface area contributed by atoms with Gasteiger partial charge in [0.25, 0.3) is 0 Å². The number of phenols is 5. The average Bonchev–Trinajstić information content (AvgIpc) is 2.25. The van der Waals surface area contributed by atoms with E-state index >= 15 is 0 Å². The number of carbonyl (C=O) groups is 1. The summed E-state index contributed by atoms with van der Waals surface area (Å²) in [7, 11) is 0. The molecular weight excluding hydrogens is 264 g/mol. The van der Waals surface area contributed by atoms with Crippen molar-refractivity contribution in [2.75, 3.05) is 0 Å². The minimum Gasteiger partial charge on any atom is -0.508 e. The summed E-state index contributed by atoms with van der Waals surface area (Å²) in [5, 5.41) is 47.6. The minimum atomic E-state index is -0.824. The van der Waals surface area contributed by atoms with E-state index in [0.717, 1.165) is 18.2 Å². The maximum Gasteiger partial charge on any atom is 0.204 e. The van der Waals surface area contributed by atoms with E-state index in [1.807, 2.05) is 0 Å². The second kappa shape index (κ2) is 4.65. The summed E-state index contributed by atoms with van der Waals surface area (Å²) in [6, 6.07) is 4.05. The number of hydrogen-bond donors (Lipinski definition) is 5. The molecule has 0 aliphatic carbocycles. The molecule has 0 saturated carbocycles. The second-order valence-corrected chi connectivity index (χ2v) is 4.34. The van der Waals surface area contributed by atoms with Crippen LogP contribution < -0.4 is 0 Å². The van der Waals surface area contributed by atoms with Gasteiger partial charge in [-0.25, -0.2) is 0 Å². The zero-order chi connectivity index (χ0) is 15.0. The molecule has 0 aromatic heterocycles. The van der Waals surface area contributed by atoms with Crippen molar-refractivity contribution in [3.05, 3.63) is 41.0 Å². The largest absolute Gasteiger partial charge is 0.508 e. The minimum absolute atomic E-state index is 0.154. The lowest BCUT2D eigenvalue weighted by Crippen LogP contribution is -2.05. The van der Waals surface area contributed by atoms with Crippen molar-refractivity contribution in [2.45, 2.75) is 6.92 Å². The Labute approximate surface area is 113 Å². The Kier molecular flexibility index (Phi) is 3.15. The highest BCUT2D eigenvalue weighted by molar-refractivity contribution is 6.14. The van der Waals surface area contributed by atoms with Crippen LogP contribution >= 0.6 is 0 Å². The van der Waals surface area contributed by atoms with Gasteiger partial charge in [-0.1, -0.05) is 0 Å². The Hall–Kier alpha value is -2.89. The van der Waals surface area contributed by atoms with Gasteiger partial charge in [-0.15, -0.1) is 0 Å². The fraction of sp³-hybridized carbons (Fsp3) is 0.0714. The van der Waals surface area contributed by atoms with Gasteiger partial charge in [0.15, 0.2) is 0 Å². The third-order valence-electron chi connectivity index (χ3n) is 2.84. The molecule has 0 aliphatic heterocycles. The Morgan fingerprint density at radius 1 is 0.750 bits per heavy atom. The van der Waals surface area contributed by atoms with E-state index in [9.17, 15) is 30.3 Å². The van der Waals surface area contributed by atoms with Gasteiger partial charge in [-0.05, 0) is 18.6 Å². The first-order valence-electron chi connectivity index (χ1n) is 5.63. The summed E-state index contributed by atoms with van der Waals surface area (Å²) < 4.78 is 0. The maximum atomic E-state index is 12.3. The normalized spacial score (nSPS) is 10.4. The molecule has 0 radical (unpaired) electrons. The summed E-state index contributed by atoms with van der Waals surface area (Å²) in [6.07, 6.45) is 0. The maximum absolute atomic E-state index is 12.3. The van der Waals surface area contributed by atoms with Crippen LogP contribution in [-0.2, 0) is 0 Å². The molecule has 6 heteroatoms.